The van der Waals surface area contributed by atoms with E-state index in [4.69, 9.17) is 9.72 Å². The molecule has 4 heterocycles. The first-order chi connectivity index (χ1) is 12.6. The summed E-state index contributed by atoms with van der Waals surface area (Å²) in [5.74, 6) is 0. The molecule has 0 aromatic carbocycles. The number of aromatic nitrogens is 1. The largest absolute Gasteiger partial charge is 0.379 e. The minimum Gasteiger partial charge on any atom is -0.379 e. The van der Waals surface area contributed by atoms with E-state index in [2.05, 4.69) is 27.1 Å². The third-order valence-electron chi connectivity index (χ3n) is 4.66. The van der Waals surface area contributed by atoms with Gasteiger partial charge in [-0.1, -0.05) is 0 Å². The van der Waals surface area contributed by atoms with E-state index in [9.17, 15) is 8.42 Å². The van der Waals surface area contributed by atoms with Gasteiger partial charge in [-0.25, -0.2) is 4.98 Å². The lowest BCUT2D eigenvalue weighted by atomic mass is 10.3. The minimum absolute atomic E-state index is 0.451. The van der Waals surface area contributed by atoms with Gasteiger partial charge in [-0.2, -0.15) is 28.4 Å². The molecule has 10 heteroatoms. The van der Waals surface area contributed by atoms with Crippen LogP contribution in [0.25, 0.3) is 10.6 Å². The number of piperazine rings is 1. The smallest absolute Gasteiger partial charge is 0.282 e. The Hall–Kier alpha value is -0.880. The Morgan fingerprint density at radius 1 is 1.04 bits per heavy atom. The lowest BCUT2D eigenvalue weighted by molar-refractivity contribution is 0.0683. The second-order valence-corrected chi connectivity index (χ2v) is 9.92. The predicted molar refractivity (Wildman–Crippen MR) is 104 cm³/mol. The van der Waals surface area contributed by atoms with E-state index in [0.717, 1.165) is 30.3 Å². The normalized spacial score (nSPS) is 21.2. The van der Waals surface area contributed by atoms with Gasteiger partial charge in [0.2, 0.25) is 0 Å². The standard InChI is InChI=1S/C16H22N4O3S3/c21-26(22,20-6-8-23-9-7-20)19-4-2-18(3-5-19)11-15-13-25-16(17-15)14-1-10-24-12-14/h1,10,12-13H,2-9,11H2. The second-order valence-electron chi connectivity index (χ2n) is 6.35. The molecule has 2 saturated heterocycles. The number of ether oxygens (including phenoxy) is 1. The van der Waals surface area contributed by atoms with Gasteiger partial charge in [0.05, 0.1) is 18.9 Å². The molecule has 2 aromatic rings. The molecule has 0 bridgehead atoms. The molecule has 142 valence electrons. The quantitative estimate of drug-likeness (QED) is 0.743. The first kappa shape index (κ1) is 18.5. The lowest BCUT2D eigenvalue weighted by Crippen LogP contribution is -2.54. The summed E-state index contributed by atoms with van der Waals surface area (Å²) < 4.78 is 33.8. The topological polar surface area (TPSA) is 66.0 Å². The van der Waals surface area contributed by atoms with Gasteiger partial charge < -0.3 is 4.74 Å². The van der Waals surface area contributed by atoms with Crippen molar-refractivity contribution in [1.82, 2.24) is 18.5 Å². The summed E-state index contributed by atoms with van der Waals surface area (Å²) in [6, 6.07) is 2.09. The van der Waals surface area contributed by atoms with Gasteiger partial charge in [0, 0.05) is 62.1 Å². The molecule has 2 aliphatic rings. The molecule has 0 unspecified atom stereocenters. The van der Waals surface area contributed by atoms with E-state index in [1.807, 2.05) is 0 Å². The summed E-state index contributed by atoms with van der Waals surface area (Å²) in [6.45, 7) is 5.16. The Morgan fingerprint density at radius 3 is 2.46 bits per heavy atom. The summed E-state index contributed by atoms with van der Waals surface area (Å²) >= 11 is 3.34. The molecule has 0 saturated carbocycles. The molecule has 2 aromatic heterocycles. The summed E-state index contributed by atoms with van der Waals surface area (Å²) in [5.41, 5.74) is 2.23. The molecule has 0 aliphatic carbocycles. The maximum atomic E-state index is 12.7. The molecule has 0 spiro atoms. The van der Waals surface area contributed by atoms with Crippen molar-refractivity contribution < 1.29 is 13.2 Å². The number of hydrogen-bond donors (Lipinski definition) is 0. The maximum Gasteiger partial charge on any atom is 0.282 e. The van der Waals surface area contributed by atoms with Crippen molar-refractivity contribution in [3.8, 4) is 10.6 Å². The van der Waals surface area contributed by atoms with Crippen LogP contribution in [-0.4, -0.2) is 79.4 Å². The van der Waals surface area contributed by atoms with Crippen LogP contribution in [0.1, 0.15) is 5.69 Å². The van der Waals surface area contributed by atoms with Gasteiger partial charge in [-0.05, 0) is 11.4 Å². The van der Waals surface area contributed by atoms with Crippen LogP contribution in [0.5, 0.6) is 0 Å². The van der Waals surface area contributed by atoms with Crippen molar-refractivity contribution >= 4 is 32.9 Å². The number of nitrogens with zero attached hydrogens (tertiary/aromatic N) is 4. The van der Waals surface area contributed by atoms with Crippen LogP contribution in [0, 0.1) is 0 Å². The van der Waals surface area contributed by atoms with Crippen LogP contribution in [0.2, 0.25) is 0 Å². The number of morpholine rings is 1. The highest BCUT2D eigenvalue weighted by atomic mass is 32.2. The van der Waals surface area contributed by atoms with Gasteiger partial charge >= 0.3 is 0 Å². The summed E-state index contributed by atoms with van der Waals surface area (Å²) in [6.07, 6.45) is 0. The highest BCUT2D eigenvalue weighted by Gasteiger charge is 2.33. The molecule has 2 fully saturated rings. The minimum atomic E-state index is -3.36. The highest BCUT2D eigenvalue weighted by Crippen LogP contribution is 2.26. The SMILES string of the molecule is O=S(=O)(N1CCOCC1)N1CCN(Cc2csc(-c3ccsc3)n2)CC1. The monoisotopic (exact) mass is 414 g/mol. The zero-order valence-corrected chi connectivity index (χ0v) is 16.9. The van der Waals surface area contributed by atoms with E-state index >= 15 is 0 Å². The van der Waals surface area contributed by atoms with Crippen LogP contribution in [-0.2, 0) is 21.5 Å². The van der Waals surface area contributed by atoms with Crippen LogP contribution >= 0.6 is 22.7 Å². The van der Waals surface area contributed by atoms with Crippen LogP contribution in [0.15, 0.2) is 22.2 Å². The van der Waals surface area contributed by atoms with Crippen molar-refractivity contribution in [3.63, 3.8) is 0 Å². The number of thiazole rings is 1. The molecule has 0 amide bonds. The number of thiophene rings is 1. The molecule has 26 heavy (non-hydrogen) atoms. The van der Waals surface area contributed by atoms with Crippen molar-refractivity contribution in [3.05, 3.63) is 27.9 Å². The van der Waals surface area contributed by atoms with Gasteiger partial charge in [-0.15, -0.1) is 11.3 Å². The van der Waals surface area contributed by atoms with E-state index in [1.54, 1.807) is 31.3 Å². The number of hydrogen-bond acceptors (Lipinski definition) is 7. The lowest BCUT2D eigenvalue weighted by Gasteiger charge is -2.37. The maximum absolute atomic E-state index is 12.7. The van der Waals surface area contributed by atoms with E-state index in [-0.39, 0.29) is 0 Å². The fraction of sp³-hybridized carbons (Fsp3) is 0.562. The van der Waals surface area contributed by atoms with Crippen molar-refractivity contribution in [2.24, 2.45) is 0 Å². The molecule has 7 nitrogen and oxygen atoms in total. The molecule has 0 atom stereocenters. The Balaban J connectivity index is 1.32. The number of rotatable bonds is 5. The Labute approximate surface area is 162 Å². The molecule has 0 radical (unpaired) electrons. The highest BCUT2D eigenvalue weighted by molar-refractivity contribution is 7.86. The fourth-order valence-corrected chi connectivity index (χ4v) is 6.27. The molecule has 2 aliphatic heterocycles. The van der Waals surface area contributed by atoms with E-state index < -0.39 is 10.2 Å². The average Bonchev–Trinajstić information content (AvgIpc) is 3.34. The van der Waals surface area contributed by atoms with E-state index in [0.29, 0.717) is 39.4 Å². The van der Waals surface area contributed by atoms with Gasteiger partial charge in [-0.3, -0.25) is 4.90 Å². The van der Waals surface area contributed by atoms with Crippen LogP contribution in [0.4, 0.5) is 0 Å². The zero-order valence-electron chi connectivity index (χ0n) is 14.4. The average molecular weight is 415 g/mol. The molecule has 4 rings (SSSR count). The molecular weight excluding hydrogens is 392 g/mol. The first-order valence-electron chi connectivity index (χ1n) is 8.65. The third-order valence-corrected chi connectivity index (χ3v) is 8.32. The third kappa shape index (κ3) is 4.01. The van der Waals surface area contributed by atoms with Gasteiger partial charge in [0.15, 0.2) is 0 Å². The van der Waals surface area contributed by atoms with Gasteiger partial charge in [0.1, 0.15) is 5.01 Å². The van der Waals surface area contributed by atoms with Gasteiger partial charge in [0.25, 0.3) is 10.2 Å². The fourth-order valence-electron chi connectivity index (χ4n) is 3.19. The molecule has 0 N–H and O–H groups in total. The van der Waals surface area contributed by atoms with Crippen molar-refractivity contribution in [1.29, 1.82) is 0 Å². The Kier molecular flexibility index (Phi) is 5.69. The zero-order chi connectivity index (χ0) is 18.0. The summed E-state index contributed by atoms with van der Waals surface area (Å²) in [4.78, 5) is 6.99. The van der Waals surface area contributed by atoms with Crippen LogP contribution < -0.4 is 0 Å². The van der Waals surface area contributed by atoms with Crippen LogP contribution in [0.3, 0.4) is 0 Å². The summed E-state index contributed by atoms with van der Waals surface area (Å²) in [7, 11) is -3.36. The van der Waals surface area contributed by atoms with Crippen molar-refractivity contribution in [2.75, 3.05) is 52.5 Å². The van der Waals surface area contributed by atoms with Crippen molar-refractivity contribution in [2.45, 2.75) is 6.54 Å². The van der Waals surface area contributed by atoms with E-state index in [1.165, 1.54) is 5.56 Å². The Morgan fingerprint density at radius 2 is 1.77 bits per heavy atom. The first-order valence-corrected chi connectivity index (χ1v) is 11.9. The Bertz CT molecular complexity index is 808. The summed E-state index contributed by atoms with van der Waals surface area (Å²) in [5, 5.41) is 7.32. The second kappa shape index (κ2) is 8.01. The molecular formula is C16H22N4O3S3. The predicted octanol–water partition coefficient (Wildman–Crippen LogP) is 1.57.